The fourth-order valence-electron chi connectivity index (χ4n) is 4.96. The van der Waals surface area contributed by atoms with E-state index in [-0.39, 0.29) is 5.91 Å². The van der Waals surface area contributed by atoms with Gasteiger partial charge in [-0.15, -0.1) is 0 Å². The van der Waals surface area contributed by atoms with Crippen molar-refractivity contribution in [3.8, 4) is 0 Å². The second kappa shape index (κ2) is 11.0. The quantitative estimate of drug-likeness (QED) is 0.553. The van der Waals surface area contributed by atoms with Crippen molar-refractivity contribution in [1.82, 2.24) is 20.4 Å². The zero-order chi connectivity index (χ0) is 21.5. The summed E-state index contributed by atoms with van der Waals surface area (Å²) < 4.78 is 0. The molecule has 166 valence electrons. The van der Waals surface area contributed by atoms with Crippen molar-refractivity contribution in [1.29, 1.82) is 0 Å². The predicted molar refractivity (Wildman–Crippen MR) is 124 cm³/mol. The van der Waals surface area contributed by atoms with E-state index < -0.39 is 0 Å². The van der Waals surface area contributed by atoms with Crippen LogP contribution in [-0.2, 0) is 4.79 Å². The molecular weight excluding hydrogens is 398 g/mol. The highest BCUT2D eigenvalue weighted by molar-refractivity contribution is 6.30. The smallest absolute Gasteiger partial charge is 0.220 e. The molecule has 2 heterocycles. The van der Waals surface area contributed by atoms with Gasteiger partial charge in [0, 0.05) is 51.2 Å². The normalized spacial score (nSPS) is 24.0. The number of likely N-dealkylation sites (tertiary alicyclic amines) is 2. The Bertz CT molecular complexity index is 732. The summed E-state index contributed by atoms with van der Waals surface area (Å²) in [6.07, 6.45) is 5.10. The van der Waals surface area contributed by atoms with Crippen molar-refractivity contribution in [3.63, 3.8) is 0 Å². The largest absolute Gasteiger partial charge is 0.359 e. The summed E-state index contributed by atoms with van der Waals surface area (Å²) in [5.74, 6) is 2.10. The van der Waals surface area contributed by atoms with Crippen LogP contribution in [0.25, 0.3) is 0 Å². The van der Waals surface area contributed by atoms with Crippen LogP contribution >= 0.6 is 11.6 Å². The lowest BCUT2D eigenvalue weighted by Gasteiger charge is -2.41. The molecule has 0 bridgehead atoms. The number of piperidine rings is 2. The van der Waals surface area contributed by atoms with Gasteiger partial charge in [-0.1, -0.05) is 23.7 Å². The van der Waals surface area contributed by atoms with E-state index in [0.717, 1.165) is 50.0 Å². The van der Waals surface area contributed by atoms with Crippen molar-refractivity contribution in [2.75, 3.05) is 47.3 Å². The van der Waals surface area contributed by atoms with Crippen LogP contribution in [0.3, 0.4) is 0 Å². The van der Waals surface area contributed by atoms with E-state index in [0.29, 0.717) is 24.3 Å². The molecule has 2 aliphatic rings. The molecule has 2 saturated heterocycles. The first kappa shape index (κ1) is 22.9. The molecule has 0 aliphatic carbocycles. The third kappa shape index (κ3) is 5.88. The number of carbonyl (C=O) groups excluding carboxylic acids is 1. The third-order valence-electron chi connectivity index (χ3n) is 6.60. The summed E-state index contributed by atoms with van der Waals surface area (Å²) >= 11 is 6.28. The Kier molecular flexibility index (Phi) is 8.40. The average molecular weight is 434 g/mol. The Morgan fingerprint density at radius 1 is 1.23 bits per heavy atom. The first-order valence-electron chi connectivity index (χ1n) is 11.1. The van der Waals surface area contributed by atoms with Gasteiger partial charge in [-0.3, -0.25) is 14.7 Å². The maximum atomic E-state index is 11.7. The summed E-state index contributed by atoms with van der Waals surface area (Å²) in [6.45, 7) is 3.90. The Balaban J connectivity index is 1.58. The number of rotatable bonds is 5. The topological polar surface area (TPSA) is 60.0 Å². The number of halogens is 1. The summed E-state index contributed by atoms with van der Waals surface area (Å²) in [4.78, 5) is 21.0. The maximum Gasteiger partial charge on any atom is 0.220 e. The van der Waals surface area contributed by atoms with Gasteiger partial charge < -0.3 is 15.5 Å². The van der Waals surface area contributed by atoms with Gasteiger partial charge in [0.15, 0.2) is 5.96 Å². The first-order valence-corrected chi connectivity index (χ1v) is 11.5. The van der Waals surface area contributed by atoms with Gasteiger partial charge in [-0.05, 0) is 68.8 Å². The van der Waals surface area contributed by atoms with Gasteiger partial charge in [0.05, 0.1) is 0 Å². The minimum Gasteiger partial charge on any atom is -0.359 e. The Hall–Kier alpha value is -1.79. The monoisotopic (exact) mass is 433 g/mol. The van der Waals surface area contributed by atoms with Crippen molar-refractivity contribution in [2.45, 2.75) is 38.1 Å². The van der Waals surface area contributed by atoms with E-state index in [1.807, 2.05) is 19.2 Å². The summed E-state index contributed by atoms with van der Waals surface area (Å²) in [5, 5.41) is 7.18. The highest BCUT2D eigenvalue weighted by Crippen LogP contribution is 2.35. The molecule has 2 aliphatic heterocycles. The minimum atomic E-state index is 0.143. The molecule has 3 rings (SSSR count). The second-order valence-electron chi connectivity index (χ2n) is 8.62. The Labute approximate surface area is 186 Å². The van der Waals surface area contributed by atoms with Crippen LogP contribution in [0.1, 0.15) is 43.7 Å². The van der Waals surface area contributed by atoms with Crippen molar-refractivity contribution in [2.24, 2.45) is 16.8 Å². The van der Waals surface area contributed by atoms with Crippen LogP contribution in [0.15, 0.2) is 29.3 Å². The number of benzene rings is 1. The fraction of sp³-hybridized carbons (Fsp3) is 0.652. The lowest BCUT2D eigenvalue weighted by Crippen LogP contribution is -2.49. The minimum absolute atomic E-state index is 0.143. The molecule has 2 N–H and O–H groups in total. The molecule has 2 fully saturated rings. The first-order chi connectivity index (χ1) is 14.5. The van der Waals surface area contributed by atoms with Gasteiger partial charge in [-0.25, -0.2) is 0 Å². The highest BCUT2D eigenvalue weighted by Gasteiger charge is 2.31. The molecule has 30 heavy (non-hydrogen) atoms. The molecule has 2 atom stereocenters. The maximum absolute atomic E-state index is 11.7. The molecule has 0 saturated carbocycles. The molecule has 1 aromatic carbocycles. The van der Waals surface area contributed by atoms with Crippen LogP contribution in [0.2, 0.25) is 5.02 Å². The Morgan fingerprint density at radius 3 is 2.67 bits per heavy atom. The number of hydrogen-bond donors (Lipinski definition) is 2. The van der Waals surface area contributed by atoms with Gasteiger partial charge in [-0.2, -0.15) is 0 Å². The fourth-order valence-corrected chi connectivity index (χ4v) is 5.16. The Morgan fingerprint density at radius 2 is 2.00 bits per heavy atom. The number of nitrogens with one attached hydrogen (secondary N) is 2. The summed E-state index contributed by atoms with van der Waals surface area (Å²) in [6, 6.07) is 8.65. The van der Waals surface area contributed by atoms with Gasteiger partial charge in [0.1, 0.15) is 0 Å². The van der Waals surface area contributed by atoms with Gasteiger partial charge in [0.25, 0.3) is 0 Å². The second-order valence-corrected chi connectivity index (χ2v) is 9.06. The van der Waals surface area contributed by atoms with Crippen molar-refractivity contribution in [3.05, 3.63) is 34.9 Å². The molecule has 0 radical (unpaired) electrons. The van der Waals surface area contributed by atoms with Crippen molar-refractivity contribution < 1.29 is 4.79 Å². The van der Waals surface area contributed by atoms with E-state index in [1.54, 1.807) is 7.05 Å². The number of nitrogens with zero attached hydrogens (tertiary/aromatic N) is 3. The zero-order valence-electron chi connectivity index (χ0n) is 18.5. The van der Waals surface area contributed by atoms with Crippen LogP contribution in [0, 0.1) is 11.8 Å². The SMILES string of the molecule is CN=C(NCC1CCCN(C)C1c1cccc(Cl)c1)N1CCC(CC(=O)NC)CC1. The van der Waals surface area contributed by atoms with Gasteiger partial charge >= 0.3 is 0 Å². The molecule has 0 aromatic heterocycles. The zero-order valence-corrected chi connectivity index (χ0v) is 19.3. The van der Waals surface area contributed by atoms with Crippen LogP contribution in [0.4, 0.5) is 0 Å². The van der Waals surface area contributed by atoms with E-state index in [9.17, 15) is 4.79 Å². The third-order valence-corrected chi connectivity index (χ3v) is 6.83. The number of carbonyl (C=O) groups is 1. The van der Waals surface area contributed by atoms with Gasteiger partial charge in [0.2, 0.25) is 5.91 Å². The molecule has 1 aromatic rings. The highest BCUT2D eigenvalue weighted by atomic mass is 35.5. The lowest BCUT2D eigenvalue weighted by molar-refractivity contribution is -0.121. The molecular formula is C23H36ClN5O. The molecule has 1 amide bonds. The van der Waals surface area contributed by atoms with E-state index in [2.05, 4.69) is 44.6 Å². The predicted octanol–water partition coefficient (Wildman–Crippen LogP) is 3.15. The molecule has 7 heteroatoms. The van der Waals surface area contributed by atoms with Crippen LogP contribution in [0.5, 0.6) is 0 Å². The number of aliphatic imine (C=N–C) groups is 1. The number of hydrogen-bond acceptors (Lipinski definition) is 3. The summed E-state index contributed by atoms with van der Waals surface area (Å²) in [5.41, 5.74) is 1.29. The van der Waals surface area contributed by atoms with E-state index in [1.165, 1.54) is 18.4 Å². The van der Waals surface area contributed by atoms with E-state index in [4.69, 9.17) is 11.6 Å². The summed E-state index contributed by atoms with van der Waals surface area (Å²) in [7, 11) is 5.78. The molecule has 6 nitrogen and oxygen atoms in total. The molecule has 2 unspecified atom stereocenters. The molecule has 0 spiro atoms. The van der Waals surface area contributed by atoms with E-state index >= 15 is 0 Å². The standard InChI is InChI=1S/C23H36ClN5O/c1-25-21(30)14-17-9-12-29(13-10-17)23(26-2)27-16-19-7-5-11-28(3)22(19)18-6-4-8-20(24)15-18/h4,6,8,15,17,19,22H,5,7,9-14,16H2,1-3H3,(H,25,30)(H,26,27). The average Bonchev–Trinajstić information content (AvgIpc) is 2.75. The lowest BCUT2D eigenvalue weighted by atomic mass is 9.85. The number of amides is 1. The number of guanidine groups is 1. The van der Waals surface area contributed by atoms with Crippen molar-refractivity contribution >= 4 is 23.5 Å². The van der Waals surface area contributed by atoms with Crippen LogP contribution in [-0.4, -0.2) is 69.0 Å². The van der Waals surface area contributed by atoms with Crippen LogP contribution < -0.4 is 10.6 Å².